The van der Waals surface area contributed by atoms with E-state index in [2.05, 4.69) is 4.99 Å². The Bertz CT molecular complexity index is 1070. The third-order valence-corrected chi connectivity index (χ3v) is 4.97. The fourth-order valence-electron chi connectivity index (χ4n) is 3.40. The van der Waals surface area contributed by atoms with E-state index in [0.29, 0.717) is 5.56 Å². The fraction of sp³-hybridized carbons (Fsp3) is 0.174. The van der Waals surface area contributed by atoms with Crippen molar-refractivity contribution in [3.63, 3.8) is 0 Å². The van der Waals surface area contributed by atoms with Crippen molar-refractivity contribution in [2.45, 2.75) is 25.2 Å². The quantitative estimate of drug-likeness (QED) is 0.443. The average molecular weight is 417 g/mol. The van der Waals surface area contributed by atoms with Crippen LogP contribution in [-0.4, -0.2) is 12.0 Å². The molecule has 0 aromatic heterocycles. The van der Waals surface area contributed by atoms with Crippen LogP contribution in [0.15, 0.2) is 71.7 Å². The number of benzene rings is 3. The Morgan fingerprint density at radius 2 is 1.33 bits per heavy atom. The topological polar surface area (TPSA) is 21.6 Å². The highest BCUT2D eigenvalue weighted by Crippen LogP contribution is 2.34. The standard InChI is InChI=1S/C23H16F5NO/c1-13-21(29-22(30-13)20-18(24)3-2-4-19(20)25)16-7-5-14(6-8-16)15-9-11-17(12-10-15)23(26,27)28/h2-13,21H,1H3/t13?,21-/m1/s1. The van der Waals surface area contributed by atoms with Crippen LogP contribution in [0, 0.1) is 11.6 Å². The molecule has 0 bridgehead atoms. The molecule has 1 aliphatic heterocycles. The van der Waals surface area contributed by atoms with Gasteiger partial charge in [0.05, 0.1) is 5.56 Å². The lowest BCUT2D eigenvalue weighted by Crippen LogP contribution is -2.14. The molecule has 7 heteroatoms. The molecule has 0 N–H and O–H groups in total. The third kappa shape index (κ3) is 3.79. The lowest BCUT2D eigenvalue weighted by Gasteiger charge is -2.14. The Balaban J connectivity index is 1.59. The minimum absolute atomic E-state index is 0.0880. The first-order valence-electron chi connectivity index (χ1n) is 9.20. The highest BCUT2D eigenvalue weighted by Gasteiger charge is 2.32. The first-order chi connectivity index (χ1) is 14.2. The zero-order chi connectivity index (χ0) is 21.5. The van der Waals surface area contributed by atoms with E-state index in [9.17, 15) is 22.0 Å². The lowest BCUT2D eigenvalue weighted by atomic mass is 9.98. The Morgan fingerprint density at radius 1 is 0.800 bits per heavy atom. The summed E-state index contributed by atoms with van der Waals surface area (Å²) in [5.41, 5.74) is 1.14. The maximum absolute atomic E-state index is 14.0. The van der Waals surface area contributed by atoms with E-state index < -0.39 is 35.5 Å². The Kier molecular flexibility index (Phi) is 5.05. The molecule has 0 aliphatic carbocycles. The van der Waals surface area contributed by atoms with Gasteiger partial charge in [0.2, 0.25) is 5.90 Å². The van der Waals surface area contributed by atoms with Gasteiger partial charge in [0.15, 0.2) is 0 Å². The zero-order valence-corrected chi connectivity index (χ0v) is 15.8. The molecule has 1 unspecified atom stereocenters. The summed E-state index contributed by atoms with van der Waals surface area (Å²) in [5.74, 6) is -1.59. The van der Waals surface area contributed by atoms with Crippen LogP contribution < -0.4 is 0 Å². The second-order valence-corrected chi connectivity index (χ2v) is 7.00. The SMILES string of the molecule is CC1OC(c2c(F)cccc2F)=N[C@H]1c1ccc(-c2ccc(C(F)(F)F)cc2)cc1. The lowest BCUT2D eigenvalue weighted by molar-refractivity contribution is -0.137. The van der Waals surface area contributed by atoms with Gasteiger partial charge in [0.25, 0.3) is 0 Å². The molecule has 0 radical (unpaired) electrons. The minimum Gasteiger partial charge on any atom is -0.472 e. The largest absolute Gasteiger partial charge is 0.472 e. The van der Waals surface area contributed by atoms with E-state index in [1.165, 1.54) is 18.2 Å². The van der Waals surface area contributed by atoms with Gasteiger partial charge in [0.1, 0.15) is 29.3 Å². The average Bonchev–Trinajstić information content (AvgIpc) is 3.08. The third-order valence-electron chi connectivity index (χ3n) is 4.97. The summed E-state index contributed by atoms with van der Waals surface area (Å²) in [5, 5.41) is 0. The van der Waals surface area contributed by atoms with Crippen LogP contribution in [0.2, 0.25) is 0 Å². The fourth-order valence-corrected chi connectivity index (χ4v) is 3.40. The van der Waals surface area contributed by atoms with Gasteiger partial charge in [-0.3, -0.25) is 0 Å². The van der Waals surface area contributed by atoms with Crippen molar-refractivity contribution in [1.82, 2.24) is 0 Å². The summed E-state index contributed by atoms with van der Waals surface area (Å²) < 4.78 is 71.8. The molecule has 0 saturated heterocycles. The monoisotopic (exact) mass is 417 g/mol. The highest BCUT2D eigenvalue weighted by molar-refractivity contribution is 5.96. The van der Waals surface area contributed by atoms with Crippen LogP contribution in [0.25, 0.3) is 11.1 Å². The smallest absolute Gasteiger partial charge is 0.416 e. The van der Waals surface area contributed by atoms with E-state index in [1.807, 2.05) is 0 Å². The predicted molar refractivity (Wildman–Crippen MR) is 103 cm³/mol. The number of rotatable bonds is 3. The molecule has 1 heterocycles. The molecular weight excluding hydrogens is 401 g/mol. The molecule has 0 fully saturated rings. The summed E-state index contributed by atoms with van der Waals surface area (Å²) in [6.07, 6.45) is -4.81. The van der Waals surface area contributed by atoms with E-state index >= 15 is 0 Å². The van der Waals surface area contributed by atoms with Gasteiger partial charge < -0.3 is 4.74 Å². The number of halogens is 5. The predicted octanol–water partition coefficient (Wildman–Crippen LogP) is 6.56. The summed E-state index contributed by atoms with van der Waals surface area (Å²) in [7, 11) is 0. The highest BCUT2D eigenvalue weighted by atomic mass is 19.4. The van der Waals surface area contributed by atoms with Crippen LogP contribution in [0.4, 0.5) is 22.0 Å². The molecule has 4 rings (SSSR count). The van der Waals surface area contributed by atoms with Crippen LogP contribution >= 0.6 is 0 Å². The Hall–Kier alpha value is -3.22. The van der Waals surface area contributed by atoms with Crippen LogP contribution in [0.5, 0.6) is 0 Å². The molecule has 0 amide bonds. The van der Waals surface area contributed by atoms with Gasteiger partial charge in [-0.2, -0.15) is 13.2 Å². The van der Waals surface area contributed by atoms with Crippen molar-refractivity contribution in [2.75, 3.05) is 0 Å². The number of aliphatic imine (C=N–C) groups is 1. The van der Waals surface area contributed by atoms with E-state index in [0.717, 1.165) is 35.4 Å². The number of nitrogens with zero attached hydrogens (tertiary/aromatic N) is 1. The zero-order valence-electron chi connectivity index (χ0n) is 15.8. The molecule has 3 aromatic rings. The molecule has 0 saturated carbocycles. The maximum Gasteiger partial charge on any atom is 0.416 e. The van der Waals surface area contributed by atoms with E-state index in [1.54, 1.807) is 31.2 Å². The first-order valence-corrected chi connectivity index (χ1v) is 9.20. The molecule has 2 atom stereocenters. The minimum atomic E-state index is -4.38. The van der Waals surface area contributed by atoms with Gasteiger partial charge in [-0.05, 0) is 47.9 Å². The summed E-state index contributed by atoms with van der Waals surface area (Å²) in [6, 6.07) is 15.1. The maximum atomic E-state index is 14.0. The van der Waals surface area contributed by atoms with Crippen molar-refractivity contribution >= 4 is 5.90 Å². The molecule has 2 nitrogen and oxygen atoms in total. The van der Waals surface area contributed by atoms with Crippen molar-refractivity contribution < 1.29 is 26.7 Å². The molecule has 30 heavy (non-hydrogen) atoms. The van der Waals surface area contributed by atoms with Crippen LogP contribution in [0.3, 0.4) is 0 Å². The molecule has 154 valence electrons. The van der Waals surface area contributed by atoms with Gasteiger partial charge >= 0.3 is 6.18 Å². The van der Waals surface area contributed by atoms with Crippen LogP contribution in [0.1, 0.15) is 29.7 Å². The number of hydrogen-bond acceptors (Lipinski definition) is 2. The summed E-state index contributed by atoms with van der Waals surface area (Å²) in [6.45, 7) is 1.75. The van der Waals surface area contributed by atoms with Gasteiger partial charge in [-0.25, -0.2) is 13.8 Å². The van der Waals surface area contributed by atoms with Gasteiger partial charge in [-0.1, -0.05) is 42.5 Å². The van der Waals surface area contributed by atoms with Crippen LogP contribution in [-0.2, 0) is 10.9 Å². The Labute approximate surface area is 169 Å². The van der Waals surface area contributed by atoms with Crippen molar-refractivity contribution in [2.24, 2.45) is 4.99 Å². The normalized spacial score (nSPS) is 18.8. The van der Waals surface area contributed by atoms with Gasteiger partial charge in [0, 0.05) is 0 Å². The van der Waals surface area contributed by atoms with Crippen molar-refractivity contribution in [1.29, 1.82) is 0 Å². The van der Waals surface area contributed by atoms with E-state index in [-0.39, 0.29) is 11.5 Å². The molecular formula is C23H16F5NO. The van der Waals surface area contributed by atoms with Crippen molar-refractivity contribution in [3.8, 4) is 11.1 Å². The molecule has 3 aromatic carbocycles. The number of hydrogen-bond donors (Lipinski definition) is 0. The summed E-state index contributed by atoms with van der Waals surface area (Å²) in [4.78, 5) is 4.36. The first kappa shape index (κ1) is 20.1. The molecule has 0 spiro atoms. The number of ether oxygens (including phenoxy) is 1. The van der Waals surface area contributed by atoms with Crippen molar-refractivity contribution in [3.05, 3.63) is 95.1 Å². The van der Waals surface area contributed by atoms with E-state index in [4.69, 9.17) is 4.74 Å². The summed E-state index contributed by atoms with van der Waals surface area (Å²) >= 11 is 0. The number of alkyl halides is 3. The Morgan fingerprint density at radius 3 is 1.87 bits per heavy atom. The van der Waals surface area contributed by atoms with Gasteiger partial charge in [-0.15, -0.1) is 0 Å². The molecule has 1 aliphatic rings. The second-order valence-electron chi connectivity index (χ2n) is 7.00. The second kappa shape index (κ2) is 7.55.